The van der Waals surface area contributed by atoms with Crippen LogP contribution in [0.4, 0.5) is 4.79 Å². The molecule has 0 N–H and O–H groups in total. The van der Waals surface area contributed by atoms with Crippen molar-refractivity contribution >= 4 is 15.9 Å². The van der Waals surface area contributed by atoms with E-state index in [0.29, 0.717) is 13.0 Å². The van der Waals surface area contributed by atoms with Crippen molar-refractivity contribution in [2.45, 2.75) is 56.7 Å². The highest BCUT2D eigenvalue weighted by Crippen LogP contribution is 2.23. The molecule has 0 aromatic carbocycles. The predicted molar refractivity (Wildman–Crippen MR) is 91.6 cm³/mol. The number of likely N-dealkylation sites (tertiary alicyclic amines) is 1. The van der Waals surface area contributed by atoms with Gasteiger partial charge in [0.2, 0.25) is 0 Å². The summed E-state index contributed by atoms with van der Waals surface area (Å²) in [5.41, 5.74) is -0.401. The van der Waals surface area contributed by atoms with E-state index in [-0.39, 0.29) is 16.3 Å². The molecule has 0 unspecified atom stereocenters. The quantitative estimate of drug-likeness (QED) is 0.816. The monoisotopic (exact) mass is 365 g/mol. The van der Waals surface area contributed by atoms with Crippen LogP contribution in [-0.2, 0) is 14.6 Å². The Morgan fingerprint density at radius 2 is 2.16 bits per heavy atom. The van der Waals surface area contributed by atoms with Crippen molar-refractivity contribution in [2.75, 3.05) is 12.3 Å². The van der Waals surface area contributed by atoms with Crippen LogP contribution in [0.15, 0.2) is 23.4 Å². The van der Waals surface area contributed by atoms with Gasteiger partial charge in [-0.15, -0.1) is 0 Å². The molecular formula is C17H23N3O4S. The van der Waals surface area contributed by atoms with Crippen LogP contribution in [-0.4, -0.2) is 48.3 Å². The van der Waals surface area contributed by atoms with E-state index in [9.17, 15) is 13.2 Å². The van der Waals surface area contributed by atoms with E-state index in [1.165, 1.54) is 23.2 Å². The molecule has 1 saturated heterocycles. The lowest BCUT2D eigenvalue weighted by molar-refractivity contribution is 0.0124. The Labute approximate surface area is 148 Å². The molecule has 1 aliphatic rings. The molecule has 136 valence electrons. The van der Waals surface area contributed by atoms with Crippen LogP contribution in [0.2, 0.25) is 0 Å². The highest BCUT2D eigenvalue weighted by molar-refractivity contribution is 7.91. The Morgan fingerprint density at radius 1 is 1.44 bits per heavy atom. The molecule has 0 saturated carbocycles. The molecular weight excluding hydrogens is 342 g/mol. The fourth-order valence-electron chi connectivity index (χ4n) is 2.72. The van der Waals surface area contributed by atoms with Gasteiger partial charge < -0.3 is 9.64 Å². The first-order valence-electron chi connectivity index (χ1n) is 8.21. The van der Waals surface area contributed by atoms with Gasteiger partial charge in [-0.3, -0.25) is 0 Å². The normalized spacial score (nSPS) is 18.5. The second-order valence-corrected chi connectivity index (χ2v) is 9.08. The van der Waals surface area contributed by atoms with Gasteiger partial charge in [-0.05, 0) is 52.2 Å². The number of ether oxygens (including phenoxy) is 1. The molecule has 0 spiro atoms. The van der Waals surface area contributed by atoms with Gasteiger partial charge in [0.1, 0.15) is 5.60 Å². The molecule has 1 aromatic heterocycles. The van der Waals surface area contributed by atoms with Gasteiger partial charge in [0.15, 0.2) is 14.9 Å². The molecule has 2 rings (SSSR count). The molecule has 0 bridgehead atoms. The first-order valence-corrected chi connectivity index (χ1v) is 9.86. The van der Waals surface area contributed by atoms with E-state index < -0.39 is 27.6 Å². The molecule has 1 aliphatic heterocycles. The Hall–Kier alpha value is -2.14. The Bertz CT molecular complexity index is 778. The number of hydrogen-bond acceptors (Lipinski definition) is 6. The SMILES string of the molecule is CC(C)(C)OC(=O)N1CCCC[C@H]1CS(=O)(=O)c1cc(C#N)ccn1. The molecule has 0 aliphatic carbocycles. The molecule has 1 aromatic rings. The lowest BCUT2D eigenvalue weighted by atomic mass is 10.0. The number of pyridine rings is 1. The van der Waals surface area contributed by atoms with E-state index >= 15 is 0 Å². The molecule has 8 heteroatoms. The van der Waals surface area contributed by atoms with E-state index in [0.717, 1.165) is 12.8 Å². The second-order valence-electron chi connectivity index (χ2n) is 7.10. The molecule has 7 nitrogen and oxygen atoms in total. The van der Waals surface area contributed by atoms with Gasteiger partial charge in [-0.25, -0.2) is 18.2 Å². The van der Waals surface area contributed by atoms with Crippen LogP contribution in [0.3, 0.4) is 0 Å². The third kappa shape index (κ3) is 5.16. The van der Waals surface area contributed by atoms with E-state index in [4.69, 9.17) is 10.00 Å². The van der Waals surface area contributed by atoms with E-state index in [1.807, 2.05) is 6.07 Å². The molecule has 1 amide bonds. The third-order valence-electron chi connectivity index (χ3n) is 3.85. The number of amides is 1. The standard InChI is InChI=1S/C17H23N3O4S/c1-17(2,3)24-16(21)20-9-5-4-6-14(20)12-25(22,23)15-10-13(11-18)7-8-19-15/h7-8,10,14H,4-6,9,12H2,1-3H3/t14-/m0/s1. The zero-order chi connectivity index (χ0) is 18.7. The Kier molecular flexibility index (Phi) is 5.68. The minimum atomic E-state index is -3.71. The van der Waals surface area contributed by atoms with Crippen molar-refractivity contribution in [1.82, 2.24) is 9.88 Å². The van der Waals surface area contributed by atoms with Crippen molar-refractivity contribution in [3.63, 3.8) is 0 Å². The fraction of sp³-hybridized carbons (Fsp3) is 0.588. The summed E-state index contributed by atoms with van der Waals surface area (Å²) in [5, 5.41) is 8.79. The number of nitriles is 1. The maximum Gasteiger partial charge on any atom is 0.410 e. The van der Waals surface area contributed by atoms with Gasteiger partial charge in [-0.1, -0.05) is 0 Å². The zero-order valence-electron chi connectivity index (χ0n) is 14.7. The van der Waals surface area contributed by atoms with Crippen LogP contribution >= 0.6 is 0 Å². The fourth-order valence-corrected chi connectivity index (χ4v) is 4.27. The molecule has 1 fully saturated rings. The summed E-state index contributed by atoms with van der Waals surface area (Å²) < 4.78 is 30.7. The number of rotatable bonds is 3. The summed E-state index contributed by atoms with van der Waals surface area (Å²) in [6.45, 7) is 5.80. The van der Waals surface area contributed by atoms with Gasteiger partial charge in [0.25, 0.3) is 0 Å². The third-order valence-corrected chi connectivity index (χ3v) is 5.53. The maximum atomic E-state index is 12.7. The van der Waals surface area contributed by atoms with Crippen molar-refractivity contribution in [2.24, 2.45) is 0 Å². The summed E-state index contributed by atoms with van der Waals surface area (Å²) in [5.74, 6) is -0.228. The number of carbonyl (C=O) groups is 1. The van der Waals surface area contributed by atoms with Crippen LogP contribution in [0.1, 0.15) is 45.6 Å². The highest BCUT2D eigenvalue weighted by atomic mass is 32.2. The number of aromatic nitrogens is 1. The summed E-state index contributed by atoms with van der Waals surface area (Å²) in [6, 6.07) is 4.16. The average molecular weight is 365 g/mol. The van der Waals surface area contributed by atoms with Gasteiger partial charge >= 0.3 is 6.09 Å². The second kappa shape index (κ2) is 7.40. The number of piperidine rings is 1. The molecule has 2 heterocycles. The van der Waals surface area contributed by atoms with Gasteiger partial charge in [0, 0.05) is 18.8 Å². The van der Waals surface area contributed by atoms with Crippen LogP contribution in [0.25, 0.3) is 0 Å². The van der Waals surface area contributed by atoms with Gasteiger partial charge in [0.05, 0.1) is 17.4 Å². The first kappa shape index (κ1) is 19.2. The summed E-state index contributed by atoms with van der Waals surface area (Å²) in [6.07, 6.45) is 3.07. The number of hydrogen-bond donors (Lipinski definition) is 0. The molecule has 25 heavy (non-hydrogen) atoms. The van der Waals surface area contributed by atoms with E-state index in [1.54, 1.807) is 20.8 Å². The topological polar surface area (TPSA) is 100 Å². The van der Waals surface area contributed by atoms with Crippen molar-refractivity contribution in [3.8, 4) is 6.07 Å². The lowest BCUT2D eigenvalue weighted by Gasteiger charge is -2.36. The van der Waals surface area contributed by atoms with E-state index in [2.05, 4.69) is 4.98 Å². The maximum absolute atomic E-state index is 12.7. The van der Waals surface area contributed by atoms with Crippen LogP contribution in [0, 0.1) is 11.3 Å². The highest BCUT2D eigenvalue weighted by Gasteiger charge is 2.34. The summed E-state index contributed by atoms with van der Waals surface area (Å²) in [4.78, 5) is 17.8. The largest absolute Gasteiger partial charge is 0.444 e. The Balaban J connectivity index is 2.20. The van der Waals surface area contributed by atoms with Crippen LogP contribution in [0.5, 0.6) is 0 Å². The minimum absolute atomic E-state index is 0.138. The number of sulfone groups is 1. The van der Waals surface area contributed by atoms with Crippen molar-refractivity contribution < 1.29 is 17.9 Å². The number of nitrogens with zero attached hydrogens (tertiary/aromatic N) is 3. The average Bonchev–Trinajstić information content (AvgIpc) is 2.53. The lowest BCUT2D eigenvalue weighted by Crippen LogP contribution is -2.48. The minimum Gasteiger partial charge on any atom is -0.444 e. The van der Waals surface area contributed by atoms with Crippen molar-refractivity contribution in [1.29, 1.82) is 5.26 Å². The Morgan fingerprint density at radius 3 is 2.80 bits per heavy atom. The molecule has 1 atom stereocenters. The van der Waals surface area contributed by atoms with Gasteiger partial charge in [-0.2, -0.15) is 5.26 Å². The zero-order valence-corrected chi connectivity index (χ0v) is 15.5. The van der Waals surface area contributed by atoms with Crippen LogP contribution < -0.4 is 0 Å². The molecule has 0 radical (unpaired) electrons. The smallest absolute Gasteiger partial charge is 0.410 e. The summed E-state index contributed by atoms with van der Waals surface area (Å²) in [7, 11) is -3.71. The van der Waals surface area contributed by atoms with Crippen molar-refractivity contribution in [3.05, 3.63) is 23.9 Å². The predicted octanol–water partition coefficient (Wildman–Crippen LogP) is 2.52. The number of carbonyl (C=O) groups excluding carboxylic acids is 1. The summed E-state index contributed by atoms with van der Waals surface area (Å²) >= 11 is 0. The first-order chi connectivity index (χ1) is 11.6.